The van der Waals surface area contributed by atoms with E-state index in [1.165, 1.54) is 12.3 Å². The van der Waals surface area contributed by atoms with Crippen LogP contribution < -0.4 is 0 Å². The molecule has 0 fully saturated rings. The van der Waals surface area contributed by atoms with Crippen LogP contribution in [0, 0.1) is 0 Å². The number of hydrogen-bond acceptors (Lipinski definition) is 3. The van der Waals surface area contributed by atoms with Crippen molar-refractivity contribution in [2.45, 2.75) is 0 Å². The lowest BCUT2D eigenvalue weighted by Gasteiger charge is -1.99. The first-order valence-corrected chi connectivity index (χ1v) is 7.20. The molecular weight excluding hydrogens is 323 g/mol. The summed E-state index contributed by atoms with van der Waals surface area (Å²) in [5.74, 6) is 1.26. The molecule has 3 aromatic rings. The van der Waals surface area contributed by atoms with Gasteiger partial charge in [-0.15, -0.1) is 0 Å². The van der Waals surface area contributed by atoms with Crippen LogP contribution in [0.25, 0.3) is 17.4 Å². The van der Waals surface area contributed by atoms with Crippen molar-refractivity contribution < 1.29 is 13.6 Å². The summed E-state index contributed by atoms with van der Waals surface area (Å²) in [6.45, 7) is 0. The summed E-state index contributed by atoms with van der Waals surface area (Å²) in [6.07, 6.45) is 4.44. The summed E-state index contributed by atoms with van der Waals surface area (Å²) in [7, 11) is 0. The molecule has 0 spiro atoms. The van der Waals surface area contributed by atoms with Crippen LogP contribution in [0.4, 0.5) is 0 Å². The molecule has 22 heavy (non-hydrogen) atoms. The summed E-state index contributed by atoms with van der Waals surface area (Å²) in [6, 6.07) is 12.1. The highest BCUT2D eigenvalue weighted by atomic mass is 35.5. The van der Waals surface area contributed by atoms with Gasteiger partial charge in [0, 0.05) is 5.56 Å². The summed E-state index contributed by atoms with van der Waals surface area (Å²) >= 11 is 11.9. The van der Waals surface area contributed by atoms with Crippen LogP contribution in [-0.2, 0) is 0 Å². The van der Waals surface area contributed by atoms with E-state index in [1.807, 2.05) is 6.07 Å². The molecule has 0 unspecified atom stereocenters. The molecule has 0 saturated heterocycles. The standard InChI is InChI=1S/C17H10Cl2O3/c18-13-6-3-11(10-14(13)19)16-8-5-12(22-16)4-7-15(20)17-2-1-9-21-17/h1-10H. The minimum atomic E-state index is -0.225. The van der Waals surface area contributed by atoms with Gasteiger partial charge in [-0.3, -0.25) is 4.79 Å². The van der Waals surface area contributed by atoms with Crippen LogP contribution in [0.3, 0.4) is 0 Å². The third kappa shape index (κ3) is 3.16. The average Bonchev–Trinajstić information content (AvgIpc) is 3.19. The molecule has 3 nitrogen and oxygen atoms in total. The van der Waals surface area contributed by atoms with E-state index in [0.717, 1.165) is 5.56 Å². The molecule has 3 rings (SSSR count). The molecule has 2 heterocycles. The maximum atomic E-state index is 11.8. The third-order valence-electron chi connectivity index (χ3n) is 2.99. The Balaban J connectivity index is 1.79. The number of carbonyl (C=O) groups excluding carboxylic acids is 1. The fraction of sp³-hybridized carbons (Fsp3) is 0. The van der Waals surface area contributed by atoms with Crippen molar-refractivity contribution in [3.63, 3.8) is 0 Å². The van der Waals surface area contributed by atoms with Gasteiger partial charge in [0.2, 0.25) is 5.78 Å². The van der Waals surface area contributed by atoms with Crippen LogP contribution in [-0.4, -0.2) is 5.78 Å². The molecule has 0 bridgehead atoms. The first-order chi connectivity index (χ1) is 10.6. The molecule has 0 N–H and O–H groups in total. The molecule has 110 valence electrons. The number of furan rings is 2. The maximum Gasteiger partial charge on any atom is 0.221 e. The van der Waals surface area contributed by atoms with Crippen LogP contribution in [0.2, 0.25) is 10.0 Å². The number of ketones is 1. The van der Waals surface area contributed by atoms with Gasteiger partial charge in [-0.05, 0) is 54.6 Å². The fourth-order valence-electron chi connectivity index (χ4n) is 1.91. The Labute approximate surface area is 136 Å². The van der Waals surface area contributed by atoms with Gasteiger partial charge in [-0.25, -0.2) is 0 Å². The van der Waals surface area contributed by atoms with Crippen molar-refractivity contribution in [1.82, 2.24) is 0 Å². The SMILES string of the molecule is O=C(C=Cc1ccc(-c2ccc(Cl)c(Cl)c2)o1)c1ccco1. The largest absolute Gasteiger partial charge is 0.461 e. The summed E-state index contributed by atoms with van der Waals surface area (Å²) in [5.41, 5.74) is 0.811. The van der Waals surface area contributed by atoms with E-state index >= 15 is 0 Å². The van der Waals surface area contributed by atoms with Crippen molar-refractivity contribution in [3.8, 4) is 11.3 Å². The minimum absolute atomic E-state index is 0.225. The smallest absolute Gasteiger partial charge is 0.221 e. The van der Waals surface area contributed by atoms with E-state index in [-0.39, 0.29) is 11.5 Å². The van der Waals surface area contributed by atoms with Crippen molar-refractivity contribution in [2.75, 3.05) is 0 Å². The zero-order valence-corrected chi connectivity index (χ0v) is 12.8. The van der Waals surface area contributed by atoms with E-state index in [2.05, 4.69) is 0 Å². The Kier molecular flexibility index (Phi) is 4.18. The van der Waals surface area contributed by atoms with E-state index < -0.39 is 0 Å². The highest BCUT2D eigenvalue weighted by Gasteiger charge is 2.07. The van der Waals surface area contributed by atoms with Crippen molar-refractivity contribution in [2.24, 2.45) is 0 Å². The second kappa shape index (κ2) is 6.26. The van der Waals surface area contributed by atoms with Crippen LogP contribution >= 0.6 is 23.2 Å². The Bertz CT molecular complexity index is 829. The van der Waals surface area contributed by atoms with Gasteiger partial charge >= 0.3 is 0 Å². The van der Waals surface area contributed by atoms with Gasteiger partial charge in [0.25, 0.3) is 0 Å². The zero-order valence-electron chi connectivity index (χ0n) is 11.3. The Morgan fingerprint density at radius 3 is 2.64 bits per heavy atom. The van der Waals surface area contributed by atoms with Gasteiger partial charge in [0.05, 0.1) is 16.3 Å². The quantitative estimate of drug-likeness (QED) is 0.451. The summed E-state index contributed by atoms with van der Waals surface area (Å²) in [4.78, 5) is 11.8. The predicted octanol–water partition coefficient (Wildman–Crippen LogP) is 5.74. The van der Waals surface area contributed by atoms with Crippen LogP contribution in [0.15, 0.2) is 63.6 Å². The molecule has 0 aliphatic heterocycles. The van der Waals surface area contributed by atoms with E-state index in [9.17, 15) is 4.79 Å². The lowest BCUT2D eigenvalue weighted by Crippen LogP contribution is -1.89. The monoisotopic (exact) mass is 332 g/mol. The average molecular weight is 333 g/mol. The van der Waals surface area contributed by atoms with E-state index in [1.54, 1.807) is 42.5 Å². The predicted molar refractivity (Wildman–Crippen MR) is 86.2 cm³/mol. The van der Waals surface area contributed by atoms with Crippen molar-refractivity contribution in [1.29, 1.82) is 0 Å². The Morgan fingerprint density at radius 2 is 1.91 bits per heavy atom. The fourth-order valence-corrected chi connectivity index (χ4v) is 2.20. The molecule has 5 heteroatoms. The normalized spacial score (nSPS) is 11.2. The third-order valence-corrected chi connectivity index (χ3v) is 3.73. The van der Waals surface area contributed by atoms with Gasteiger partial charge in [-0.1, -0.05) is 23.2 Å². The molecule has 1 aromatic carbocycles. The molecule has 0 aliphatic rings. The van der Waals surface area contributed by atoms with E-state index in [4.69, 9.17) is 32.0 Å². The van der Waals surface area contributed by atoms with Crippen molar-refractivity contribution >= 4 is 35.1 Å². The number of benzene rings is 1. The second-order valence-electron chi connectivity index (χ2n) is 4.51. The molecule has 2 aromatic heterocycles. The molecule has 0 atom stereocenters. The Hall–Kier alpha value is -2.23. The molecule has 0 saturated carbocycles. The van der Waals surface area contributed by atoms with Crippen LogP contribution in [0.5, 0.6) is 0 Å². The Morgan fingerprint density at radius 1 is 1.05 bits per heavy atom. The molecule has 0 radical (unpaired) electrons. The number of rotatable bonds is 4. The first-order valence-electron chi connectivity index (χ1n) is 6.44. The number of hydrogen-bond donors (Lipinski definition) is 0. The number of carbonyl (C=O) groups is 1. The van der Waals surface area contributed by atoms with E-state index in [0.29, 0.717) is 21.6 Å². The zero-order chi connectivity index (χ0) is 15.5. The highest BCUT2D eigenvalue weighted by molar-refractivity contribution is 6.42. The highest BCUT2D eigenvalue weighted by Crippen LogP contribution is 2.29. The topological polar surface area (TPSA) is 43.4 Å². The maximum absolute atomic E-state index is 11.8. The molecule has 0 amide bonds. The van der Waals surface area contributed by atoms with Gasteiger partial charge in [0.15, 0.2) is 5.76 Å². The summed E-state index contributed by atoms with van der Waals surface area (Å²) in [5, 5.41) is 0.946. The lowest BCUT2D eigenvalue weighted by molar-refractivity contribution is 0.102. The molecular formula is C17H10Cl2O3. The van der Waals surface area contributed by atoms with Crippen molar-refractivity contribution in [3.05, 3.63) is 76.4 Å². The van der Waals surface area contributed by atoms with Gasteiger partial charge in [-0.2, -0.15) is 0 Å². The van der Waals surface area contributed by atoms with Gasteiger partial charge in [0.1, 0.15) is 11.5 Å². The summed E-state index contributed by atoms with van der Waals surface area (Å²) < 4.78 is 10.7. The lowest BCUT2D eigenvalue weighted by atomic mass is 10.2. The number of halogens is 2. The van der Waals surface area contributed by atoms with Gasteiger partial charge < -0.3 is 8.83 Å². The minimum Gasteiger partial charge on any atom is -0.461 e. The second-order valence-corrected chi connectivity index (χ2v) is 5.32. The molecule has 0 aliphatic carbocycles. The van der Waals surface area contributed by atoms with Crippen LogP contribution in [0.1, 0.15) is 16.3 Å². The first kappa shape index (κ1) is 14.7. The number of allylic oxidation sites excluding steroid dienone is 1.